The van der Waals surface area contributed by atoms with E-state index in [0.717, 1.165) is 6.07 Å². The number of fused-ring (bicyclic) bond motifs is 1. The quantitative estimate of drug-likeness (QED) is 0.537. The number of benzene rings is 2. The smallest absolute Gasteiger partial charge is 0.125 e. The van der Waals surface area contributed by atoms with Crippen molar-refractivity contribution in [2.75, 3.05) is 17.7 Å². The Labute approximate surface area is 143 Å². The van der Waals surface area contributed by atoms with Crippen molar-refractivity contribution >= 4 is 48.3 Å². The van der Waals surface area contributed by atoms with Crippen LogP contribution >= 0.6 is 11.6 Å². The van der Waals surface area contributed by atoms with Crippen LogP contribution in [0, 0.1) is 0 Å². The molecule has 132 valence electrons. The molecule has 0 aliphatic rings. The highest BCUT2D eigenvalue weighted by Gasteiger charge is 2.13. The molecule has 0 aromatic heterocycles. The number of aliphatic hydroxyl groups excluding tert-OH is 1. The number of hydrogen-bond acceptors (Lipinski definition) is 8. The molecule has 0 amide bonds. The topological polar surface area (TPSA) is 147 Å². The zero-order chi connectivity index (χ0) is 18.1. The third-order valence-corrected chi connectivity index (χ3v) is 5.21. The van der Waals surface area contributed by atoms with Crippen molar-refractivity contribution in [3.8, 4) is 0 Å². The lowest BCUT2D eigenvalue weighted by Crippen LogP contribution is -2.20. The number of alkyl halides is 1. The van der Waals surface area contributed by atoms with Crippen molar-refractivity contribution in [3.05, 3.63) is 30.3 Å². The maximum absolute atomic E-state index is 11.3. The number of rotatable bonds is 6. The lowest BCUT2D eigenvalue weighted by Gasteiger charge is -2.16. The molecule has 0 bridgehead atoms. The molecule has 0 saturated carbocycles. The Bertz CT molecular complexity index is 973. The summed E-state index contributed by atoms with van der Waals surface area (Å²) in [5, 5.41) is 12.3. The molecule has 0 saturated heterocycles. The van der Waals surface area contributed by atoms with E-state index in [1.807, 2.05) is 0 Å². The molecule has 24 heavy (non-hydrogen) atoms. The van der Waals surface area contributed by atoms with Crippen LogP contribution in [0.1, 0.15) is 0 Å². The summed E-state index contributed by atoms with van der Waals surface area (Å²) in [4.78, 5) is -1.61. The first-order valence-electron chi connectivity index (χ1n) is 6.50. The molecule has 2 rings (SSSR count). The predicted octanol–water partition coefficient (Wildman–Crippen LogP) is 0.660. The first-order chi connectivity index (χ1) is 11.0. The van der Waals surface area contributed by atoms with Crippen molar-refractivity contribution in [1.82, 2.24) is 0 Å². The standard InChI is InChI=1S/C13H14ClNO7S2/c14-6-10(16)7-15-9-1-2-12-8(3-9)4-11(23(17,18)19)5-13(12)24(20,21)22/h1-5,10,15-16H,6-7H2,(H,17,18,19)(H,20,21,22)/p-2. The molecule has 8 nitrogen and oxygen atoms in total. The SMILES string of the molecule is O=S(=O)([O-])c1cc(S(=O)(=O)[O-])c2ccc(NCC(O)CCl)cc2c1. The Morgan fingerprint density at radius 2 is 1.75 bits per heavy atom. The van der Waals surface area contributed by atoms with Gasteiger partial charge in [0.25, 0.3) is 0 Å². The molecule has 0 radical (unpaired) electrons. The summed E-state index contributed by atoms with van der Waals surface area (Å²) in [6.45, 7) is 0.0985. The summed E-state index contributed by atoms with van der Waals surface area (Å²) in [5.74, 6) is -0.00225. The number of anilines is 1. The highest BCUT2D eigenvalue weighted by atomic mass is 35.5. The molecular formula is C13H12ClNO7S2-2. The van der Waals surface area contributed by atoms with Gasteiger partial charge in [0, 0.05) is 12.2 Å². The Hall–Kier alpha value is -1.43. The van der Waals surface area contributed by atoms with Crippen LogP contribution in [0.4, 0.5) is 5.69 Å². The van der Waals surface area contributed by atoms with Crippen LogP contribution in [0.5, 0.6) is 0 Å². The Morgan fingerprint density at radius 3 is 2.29 bits per heavy atom. The molecule has 0 fully saturated rings. The van der Waals surface area contributed by atoms with Crippen LogP contribution in [0.2, 0.25) is 0 Å². The summed E-state index contributed by atoms with van der Waals surface area (Å²) in [5.41, 5.74) is 0.418. The number of hydrogen-bond donors (Lipinski definition) is 2. The minimum Gasteiger partial charge on any atom is -0.744 e. The molecule has 0 aliphatic carbocycles. The van der Waals surface area contributed by atoms with Crippen LogP contribution in [0.3, 0.4) is 0 Å². The van der Waals surface area contributed by atoms with Gasteiger partial charge in [-0.25, -0.2) is 16.8 Å². The van der Waals surface area contributed by atoms with Crippen molar-refractivity contribution < 1.29 is 31.0 Å². The summed E-state index contributed by atoms with van der Waals surface area (Å²) in [6.07, 6.45) is -0.826. The molecule has 0 spiro atoms. The third-order valence-electron chi connectivity index (χ3n) is 3.17. The predicted molar refractivity (Wildman–Crippen MR) is 85.1 cm³/mol. The van der Waals surface area contributed by atoms with Crippen LogP contribution in [0.15, 0.2) is 40.1 Å². The molecule has 2 aromatic rings. The Kier molecular flexibility index (Phi) is 5.37. The van der Waals surface area contributed by atoms with Gasteiger partial charge in [-0.3, -0.25) is 0 Å². The number of nitrogens with one attached hydrogen (secondary N) is 1. The average Bonchev–Trinajstić information content (AvgIpc) is 2.49. The number of halogens is 1. The fraction of sp³-hybridized carbons (Fsp3) is 0.231. The zero-order valence-electron chi connectivity index (χ0n) is 12.0. The maximum Gasteiger partial charge on any atom is 0.125 e. The molecule has 0 aliphatic heterocycles. The lowest BCUT2D eigenvalue weighted by atomic mass is 10.1. The van der Waals surface area contributed by atoms with Gasteiger partial charge in [-0.2, -0.15) is 0 Å². The third kappa shape index (κ3) is 4.35. The summed E-state index contributed by atoms with van der Waals surface area (Å²) in [6, 6.07) is 5.65. The van der Waals surface area contributed by atoms with E-state index in [1.54, 1.807) is 0 Å². The van der Waals surface area contributed by atoms with Crippen LogP contribution in [0.25, 0.3) is 10.8 Å². The normalized spacial score (nSPS) is 13.8. The monoisotopic (exact) mass is 393 g/mol. The van der Waals surface area contributed by atoms with Gasteiger partial charge < -0.3 is 19.5 Å². The molecule has 0 heterocycles. The van der Waals surface area contributed by atoms with Gasteiger partial charge >= 0.3 is 0 Å². The van der Waals surface area contributed by atoms with Gasteiger partial charge in [0.2, 0.25) is 0 Å². The van der Waals surface area contributed by atoms with Gasteiger partial charge in [-0.1, -0.05) is 6.07 Å². The number of aliphatic hydroxyl groups is 1. The zero-order valence-corrected chi connectivity index (χ0v) is 14.4. The van der Waals surface area contributed by atoms with Crippen molar-refractivity contribution in [2.24, 2.45) is 0 Å². The first kappa shape index (κ1) is 18.9. The maximum atomic E-state index is 11.3. The van der Waals surface area contributed by atoms with Crippen molar-refractivity contribution in [2.45, 2.75) is 15.9 Å². The Balaban J connectivity index is 2.62. The average molecular weight is 394 g/mol. The van der Waals surface area contributed by atoms with E-state index in [-0.39, 0.29) is 23.2 Å². The Morgan fingerprint density at radius 1 is 1.08 bits per heavy atom. The second-order valence-corrected chi connectivity index (χ2v) is 7.99. The van der Waals surface area contributed by atoms with Gasteiger partial charge in [-0.05, 0) is 35.0 Å². The van der Waals surface area contributed by atoms with Gasteiger partial charge in [-0.15, -0.1) is 11.6 Å². The molecule has 1 unspecified atom stereocenters. The van der Waals surface area contributed by atoms with Crippen LogP contribution < -0.4 is 5.32 Å². The van der Waals surface area contributed by atoms with E-state index in [4.69, 9.17) is 11.6 Å². The fourth-order valence-corrected chi connectivity index (χ4v) is 3.50. The minimum atomic E-state index is -4.99. The largest absolute Gasteiger partial charge is 0.744 e. The van der Waals surface area contributed by atoms with Crippen molar-refractivity contribution in [1.29, 1.82) is 0 Å². The fourth-order valence-electron chi connectivity index (χ4n) is 2.06. The molecule has 11 heteroatoms. The van der Waals surface area contributed by atoms with E-state index in [2.05, 4.69) is 5.32 Å². The highest BCUT2D eigenvalue weighted by molar-refractivity contribution is 7.86. The van der Waals surface area contributed by atoms with E-state index in [0.29, 0.717) is 11.8 Å². The lowest BCUT2D eigenvalue weighted by molar-refractivity contribution is 0.211. The molecular weight excluding hydrogens is 382 g/mol. The van der Waals surface area contributed by atoms with Crippen LogP contribution in [-0.2, 0) is 20.2 Å². The van der Waals surface area contributed by atoms with Gasteiger partial charge in [0.1, 0.15) is 20.2 Å². The minimum absolute atomic E-state index is 0.00225. The van der Waals surface area contributed by atoms with Crippen molar-refractivity contribution in [3.63, 3.8) is 0 Å². The second kappa shape index (κ2) is 6.82. The van der Waals surface area contributed by atoms with E-state index in [9.17, 15) is 31.0 Å². The van der Waals surface area contributed by atoms with Crippen LogP contribution in [-0.4, -0.2) is 49.6 Å². The molecule has 2 aromatic carbocycles. The summed E-state index contributed by atoms with van der Waals surface area (Å²) in [7, 11) is -9.94. The van der Waals surface area contributed by atoms with E-state index < -0.39 is 36.1 Å². The van der Waals surface area contributed by atoms with Gasteiger partial charge in [0.05, 0.1) is 21.8 Å². The first-order valence-corrected chi connectivity index (χ1v) is 9.85. The summed E-state index contributed by atoms with van der Waals surface area (Å²) >= 11 is 5.46. The van der Waals surface area contributed by atoms with E-state index in [1.165, 1.54) is 18.2 Å². The second-order valence-electron chi connectivity index (χ2n) is 4.95. The molecule has 2 N–H and O–H groups in total. The molecule has 1 atom stereocenters. The summed E-state index contributed by atoms with van der Waals surface area (Å²) < 4.78 is 67.6. The highest BCUT2D eigenvalue weighted by Crippen LogP contribution is 2.29. The van der Waals surface area contributed by atoms with Gasteiger partial charge in [0.15, 0.2) is 0 Å². The van der Waals surface area contributed by atoms with E-state index >= 15 is 0 Å².